The van der Waals surface area contributed by atoms with Gasteiger partial charge in [0.2, 0.25) is 5.91 Å². The number of thioether (sulfide) groups is 1. The van der Waals surface area contributed by atoms with Crippen molar-refractivity contribution in [2.45, 2.75) is 10.6 Å². The summed E-state index contributed by atoms with van der Waals surface area (Å²) >= 11 is 4.68. The monoisotopic (exact) mass is 365 g/mol. The van der Waals surface area contributed by atoms with Crippen LogP contribution in [0.15, 0.2) is 51.8 Å². The van der Waals surface area contributed by atoms with E-state index in [0.717, 1.165) is 10.0 Å². The molecule has 0 aliphatic heterocycles. The lowest BCUT2D eigenvalue weighted by Crippen LogP contribution is -2.13. The molecule has 1 amide bonds. The second-order valence-corrected chi connectivity index (χ2v) is 6.19. The number of rotatable bonds is 5. The van der Waals surface area contributed by atoms with E-state index in [9.17, 15) is 14.7 Å². The van der Waals surface area contributed by atoms with Crippen molar-refractivity contribution < 1.29 is 14.7 Å². The summed E-state index contributed by atoms with van der Waals surface area (Å²) < 4.78 is 0.804. The van der Waals surface area contributed by atoms with Crippen molar-refractivity contribution in [2.75, 3.05) is 0 Å². The molecule has 0 bridgehead atoms. The minimum atomic E-state index is -0.979. The Morgan fingerprint density at radius 2 is 1.86 bits per heavy atom. The van der Waals surface area contributed by atoms with Gasteiger partial charge in [0.1, 0.15) is 0 Å². The zero-order valence-electron chi connectivity index (χ0n) is 10.9. The normalized spacial score (nSPS) is 10.3. The maximum absolute atomic E-state index is 11.4. The Labute approximate surface area is 134 Å². The standard InChI is InChI=1S/C15H12BrNO3S/c16-10-5-6-12(15(19)20)13(7-10)21-8-9-3-1-2-4-11(9)14(17)18/h1-7H,8H2,(H2,17,18)(H,19,20). The topological polar surface area (TPSA) is 80.4 Å². The molecule has 0 unspecified atom stereocenters. The number of benzene rings is 2. The van der Waals surface area contributed by atoms with Crippen LogP contribution in [0.2, 0.25) is 0 Å². The molecule has 0 fully saturated rings. The summed E-state index contributed by atoms with van der Waals surface area (Å²) in [5.41, 5.74) is 6.81. The van der Waals surface area contributed by atoms with Gasteiger partial charge in [0.25, 0.3) is 0 Å². The second-order valence-electron chi connectivity index (χ2n) is 4.26. The van der Waals surface area contributed by atoms with Crippen LogP contribution < -0.4 is 5.73 Å². The molecule has 0 aliphatic carbocycles. The van der Waals surface area contributed by atoms with Crippen LogP contribution in [0.3, 0.4) is 0 Å². The number of primary amides is 1. The SMILES string of the molecule is NC(=O)c1ccccc1CSc1cc(Br)ccc1C(=O)O. The summed E-state index contributed by atoms with van der Waals surface area (Å²) in [4.78, 5) is 23.2. The van der Waals surface area contributed by atoms with Crippen LogP contribution in [0.1, 0.15) is 26.3 Å². The zero-order chi connectivity index (χ0) is 15.4. The van der Waals surface area contributed by atoms with E-state index in [2.05, 4.69) is 15.9 Å². The highest BCUT2D eigenvalue weighted by Gasteiger charge is 2.13. The van der Waals surface area contributed by atoms with Crippen LogP contribution in [-0.2, 0) is 5.75 Å². The first-order valence-corrected chi connectivity index (χ1v) is 7.80. The first-order valence-electron chi connectivity index (χ1n) is 6.02. The predicted molar refractivity (Wildman–Crippen MR) is 85.6 cm³/mol. The van der Waals surface area contributed by atoms with Crippen molar-refractivity contribution in [3.63, 3.8) is 0 Å². The number of carboxylic acid groups (broad SMARTS) is 1. The van der Waals surface area contributed by atoms with Gasteiger partial charge >= 0.3 is 5.97 Å². The van der Waals surface area contributed by atoms with Gasteiger partial charge in [-0.15, -0.1) is 11.8 Å². The molecule has 3 N–H and O–H groups in total. The number of hydrogen-bond donors (Lipinski definition) is 2. The van der Waals surface area contributed by atoms with Crippen molar-refractivity contribution in [2.24, 2.45) is 5.73 Å². The first-order chi connectivity index (χ1) is 9.99. The third kappa shape index (κ3) is 3.86. The fourth-order valence-electron chi connectivity index (χ4n) is 1.83. The molecule has 0 saturated carbocycles. The Balaban J connectivity index is 2.27. The largest absolute Gasteiger partial charge is 0.478 e. The van der Waals surface area contributed by atoms with Crippen LogP contribution in [0, 0.1) is 0 Å². The van der Waals surface area contributed by atoms with Crippen molar-refractivity contribution in [1.29, 1.82) is 0 Å². The van der Waals surface area contributed by atoms with Gasteiger partial charge in [-0.25, -0.2) is 4.79 Å². The minimum absolute atomic E-state index is 0.236. The molecule has 0 saturated heterocycles. The van der Waals surface area contributed by atoms with Gasteiger partial charge in [0.15, 0.2) is 0 Å². The molecule has 2 aromatic rings. The number of amides is 1. The summed E-state index contributed by atoms with van der Waals surface area (Å²) in [6.45, 7) is 0. The summed E-state index contributed by atoms with van der Waals surface area (Å²) in [7, 11) is 0. The molecule has 0 aliphatic rings. The number of carbonyl (C=O) groups is 2. The number of aromatic carboxylic acids is 1. The van der Waals surface area contributed by atoms with Crippen molar-refractivity contribution >= 4 is 39.6 Å². The Kier molecular flexibility index (Phi) is 5.03. The highest BCUT2D eigenvalue weighted by Crippen LogP contribution is 2.30. The lowest BCUT2D eigenvalue weighted by atomic mass is 10.1. The number of carbonyl (C=O) groups excluding carboxylic acids is 1. The Bertz CT molecular complexity index is 703. The van der Waals surface area contributed by atoms with Gasteiger partial charge in [0.05, 0.1) is 5.56 Å². The molecule has 2 aromatic carbocycles. The zero-order valence-corrected chi connectivity index (χ0v) is 13.3. The van der Waals surface area contributed by atoms with E-state index in [-0.39, 0.29) is 5.56 Å². The molecule has 0 atom stereocenters. The quantitative estimate of drug-likeness (QED) is 0.794. The molecule has 4 nitrogen and oxygen atoms in total. The van der Waals surface area contributed by atoms with Gasteiger partial charge in [-0.1, -0.05) is 34.1 Å². The lowest BCUT2D eigenvalue weighted by Gasteiger charge is -2.09. The third-order valence-corrected chi connectivity index (χ3v) is 4.44. The molecular weight excluding hydrogens is 354 g/mol. The summed E-state index contributed by atoms with van der Waals surface area (Å²) in [6.07, 6.45) is 0. The number of hydrogen-bond acceptors (Lipinski definition) is 3. The van der Waals surface area contributed by atoms with E-state index in [0.29, 0.717) is 16.2 Å². The van der Waals surface area contributed by atoms with Crippen LogP contribution in [0.5, 0.6) is 0 Å². The Morgan fingerprint density at radius 3 is 2.52 bits per heavy atom. The van der Waals surface area contributed by atoms with Crippen LogP contribution in [0.4, 0.5) is 0 Å². The van der Waals surface area contributed by atoms with Crippen molar-refractivity contribution in [1.82, 2.24) is 0 Å². The summed E-state index contributed by atoms with van der Waals surface area (Å²) in [5.74, 6) is -0.998. The Morgan fingerprint density at radius 1 is 1.14 bits per heavy atom. The van der Waals surface area contributed by atoms with E-state index < -0.39 is 11.9 Å². The molecule has 0 spiro atoms. The molecule has 0 aromatic heterocycles. The maximum atomic E-state index is 11.4. The lowest BCUT2D eigenvalue weighted by molar-refractivity contribution is 0.0693. The van der Waals surface area contributed by atoms with Gasteiger partial charge < -0.3 is 10.8 Å². The molecule has 21 heavy (non-hydrogen) atoms. The van der Waals surface area contributed by atoms with E-state index >= 15 is 0 Å². The van der Waals surface area contributed by atoms with Gasteiger partial charge in [-0.2, -0.15) is 0 Å². The summed E-state index contributed by atoms with van der Waals surface area (Å²) in [6, 6.07) is 12.0. The van der Waals surface area contributed by atoms with Crippen LogP contribution >= 0.6 is 27.7 Å². The molecular formula is C15H12BrNO3S. The average Bonchev–Trinajstić information content (AvgIpc) is 2.45. The average molecular weight is 366 g/mol. The molecule has 6 heteroatoms. The number of nitrogens with two attached hydrogens (primary N) is 1. The van der Waals surface area contributed by atoms with Gasteiger partial charge in [-0.3, -0.25) is 4.79 Å². The Hall–Kier alpha value is -1.79. The van der Waals surface area contributed by atoms with E-state index in [1.54, 1.807) is 30.3 Å². The smallest absolute Gasteiger partial charge is 0.336 e. The van der Waals surface area contributed by atoms with Gasteiger partial charge in [-0.05, 0) is 29.8 Å². The molecule has 2 rings (SSSR count). The highest BCUT2D eigenvalue weighted by atomic mass is 79.9. The van der Waals surface area contributed by atoms with Gasteiger partial charge in [0, 0.05) is 20.7 Å². The number of halogens is 1. The fraction of sp³-hybridized carbons (Fsp3) is 0.0667. The molecule has 0 heterocycles. The summed E-state index contributed by atoms with van der Waals surface area (Å²) in [5, 5.41) is 9.19. The minimum Gasteiger partial charge on any atom is -0.478 e. The maximum Gasteiger partial charge on any atom is 0.336 e. The third-order valence-electron chi connectivity index (χ3n) is 2.84. The fourth-order valence-corrected chi connectivity index (χ4v) is 3.43. The van der Waals surface area contributed by atoms with E-state index in [1.165, 1.54) is 11.8 Å². The van der Waals surface area contributed by atoms with Crippen molar-refractivity contribution in [3.8, 4) is 0 Å². The highest BCUT2D eigenvalue weighted by molar-refractivity contribution is 9.10. The van der Waals surface area contributed by atoms with Crippen LogP contribution in [0.25, 0.3) is 0 Å². The molecule has 108 valence electrons. The molecule has 0 radical (unpaired) electrons. The second kappa shape index (κ2) is 6.78. The number of carboxylic acids is 1. The van der Waals surface area contributed by atoms with E-state index in [1.807, 2.05) is 12.1 Å². The predicted octanol–water partition coefficient (Wildman–Crippen LogP) is 3.54. The van der Waals surface area contributed by atoms with E-state index in [4.69, 9.17) is 5.73 Å². The first kappa shape index (κ1) is 15.6. The van der Waals surface area contributed by atoms with Crippen LogP contribution in [-0.4, -0.2) is 17.0 Å². The van der Waals surface area contributed by atoms with Crippen molar-refractivity contribution in [3.05, 3.63) is 63.6 Å².